The zero-order valence-corrected chi connectivity index (χ0v) is 17.7. The van der Waals surface area contributed by atoms with Crippen LogP contribution in [0.4, 0.5) is 10.1 Å². The van der Waals surface area contributed by atoms with Crippen molar-refractivity contribution in [2.75, 3.05) is 5.32 Å². The van der Waals surface area contributed by atoms with Gasteiger partial charge in [-0.3, -0.25) is 14.2 Å². The van der Waals surface area contributed by atoms with Gasteiger partial charge in [-0.25, -0.2) is 14.2 Å². The zero-order chi connectivity index (χ0) is 23.0. The van der Waals surface area contributed by atoms with Gasteiger partial charge in [-0.15, -0.1) is 0 Å². The van der Waals surface area contributed by atoms with Crippen molar-refractivity contribution in [2.24, 2.45) is 0 Å². The molecule has 2 heterocycles. The van der Waals surface area contributed by atoms with Gasteiger partial charge < -0.3 is 10.4 Å². The Hall–Kier alpha value is -3.49. The first-order valence-electron chi connectivity index (χ1n) is 9.35. The molecular formula is C22H14Cl2FN3O4. The maximum Gasteiger partial charge on any atom is 0.349 e. The second-order valence-electron chi connectivity index (χ2n) is 6.98. The molecule has 0 saturated carbocycles. The lowest BCUT2D eigenvalue weighted by atomic mass is 10.1. The van der Waals surface area contributed by atoms with Crippen LogP contribution in [-0.4, -0.2) is 26.5 Å². The molecule has 0 unspecified atom stereocenters. The molecule has 0 bridgehead atoms. The third-order valence-corrected chi connectivity index (χ3v) is 5.70. The molecule has 4 rings (SSSR count). The van der Waals surface area contributed by atoms with Gasteiger partial charge in [0.15, 0.2) is 0 Å². The Morgan fingerprint density at radius 2 is 1.84 bits per heavy atom. The third-order valence-electron chi connectivity index (χ3n) is 4.90. The number of halogens is 3. The first-order chi connectivity index (χ1) is 15.2. The number of aliphatic carboxylic acids is 1. The van der Waals surface area contributed by atoms with E-state index in [4.69, 9.17) is 28.3 Å². The molecule has 2 aromatic carbocycles. The number of amides is 1. The zero-order valence-electron chi connectivity index (χ0n) is 16.2. The van der Waals surface area contributed by atoms with Crippen molar-refractivity contribution in [1.82, 2.24) is 9.55 Å². The van der Waals surface area contributed by atoms with Crippen LogP contribution in [0.2, 0.25) is 0 Å². The number of carboxylic acids is 1. The summed E-state index contributed by atoms with van der Waals surface area (Å²) in [7, 11) is 0. The number of nitrogens with one attached hydrogen (secondary N) is 1. The average molecular weight is 474 g/mol. The number of benzene rings is 2. The van der Waals surface area contributed by atoms with E-state index in [-0.39, 0.29) is 17.1 Å². The molecule has 2 N–H and O–H groups in total. The Labute approximate surface area is 190 Å². The second kappa shape index (κ2) is 8.57. The SMILES string of the molecule is O=C(O)/C(Cl)=C(/Cl)C(=O)Nc1ccc2c(=O)n3c(nc2c1)C(=Cc1ccc(F)cc1)CC3. The van der Waals surface area contributed by atoms with Gasteiger partial charge in [0.2, 0.25) is 0 Å². The summed E-state index contributed by atoms with van der Waals surface area (Å²) in [6.45, 7) is 0.469. The summed E-state index contributed by atoms with van der Waals surface area (Å²) in [6.07, 6.45) is 2.44. The van der Waals surface area contributed by atoms with Gasteiger partial charge in [-0.2, -0.15) is 0 Å². The van der Waals surface area contributed by atoms with Gasteiger partial charge in [0, 0.05) is 12.2 Å². The molecule has 3 aromatic rings. The number of nitrogens with zero attached hydrogens (tertiary/aromatic N) is 2. The lowest BCUT2D eigenvalue weighted by molar-refractivity contribution is -0.132. The molecule has 1 aliphatic heterocycles. The number of fused-ring (bicyclic) bond motifs is 2. The summed E-state index contributed by atoms with van der Waals surface area (Å²) < 4.78 is 14.7. The molecule has 0 spiro atoms. The van der Waals surface area contributed by atoms with E-state index in [0.717, 1.165) is 11.1 Å². The second-order valence-corrected chi connectivity index (χ2v) is 7.74. The highest BCUT2D eigenvalue weighted by Crippen LogP contribution is 2.28. The molecule has 7 nitrogen and oxygen atoms in total. The molecule has 0 atom stereocenters. The van der Waals surface area contributed by atoms with Crippen molar-refractivity contribution >= 4 is 63.3 Å². The molecular weight excluding hydrogens is 460 g/mol. The Morgan fingerprint density at radius 1 is 1.12 bits per heavy atom. The largest absolute Gasteiger partial charge is 0.477 e. The van der Waals surface area contributed by atoms with E-state index >= 15 is 0 Å². The molecule has 0 radical (unpaired) electrons. The van der Waals surface area contributed by atoms with E-state index in [1.54, 1.807) is 16.7 Å². The lowest BCUT2D eigenvalue weighted by Crippen LogP contribution is -2.21. The van der Waals surface area contributed by atoms with Crippen LogP contribution in [0.3, 0.4) is 0 Å². The number of hydrogen-bond acceptors (Lipinski definition) is 4. The minimum Gasteiger partial charge on any atom is -0.477 e. The van der Waals surface area contributed by atoms with Gasteiger partial charge in [0.1, 0.15) is 21.7 Å². The Balaban J connectivity index is 1.72. The third kappa shape index (κ3) is 4.15. The van der Waals surface area contributed by atoms with Crippen LogP contribution in [-0.2, 0) is 16.1 Å². The number of carboxylic acid groups (broad SMARTS) is 1. The predicted octanol–water partition coefficient (Wildman–Crippen LogP) is 4.19. The summed E-state index contributed by atoms with van der Waals surface area (Å²) in [5, 5.41) is 10.2. The van der Waals surface area contributed by atoms with Crippen LogP contribution in [0.15, 0.2) is 57.3 Å². The van der Waals surface area contributed by atoms with Crippen LogP contribution < -0.4 is 10.9 Å². The monoisotopic (exact) mass is 473 g/mol. The van der Waals surface area contributed by atoms with E-state index in [0.29, 0.717) is 29.7 Å². The average Bonchev–Trinajstić information content (AvgIpc) is 3.16. The van der Waals surface area contributed by atoms with E-state index in [1.807, 2.05) is 6.08 Å². The van der Waals surface area contributed by atoms with Crippen molar-refractivity contribution in [3.63, 3.8) is 0 Å². The number of carbonyl (C=O) groups excluding carboxylic acids is 1. The predicted molar refractivity (Wildman–Crippen MR) is 120 cm³/mol. The first-order valence-corrected chi connectivity index (χ1v) is 10.1. The number of aromatic nitrogens is 2. The molecule has 0 aliphatic carbocycles. The minimum absolute atomic E-state index is 0.225. The molecule has 0 saturated heterocycles. The summed E-state index contributed by atoms with van der Waals surface area (Å²) in [5.41, 5.74) is 1.98. The molecule has 32 heavy (non-hydrogen) atoms. The van der Waals surface area contributed by atoms with Crippen LogP contribution in [0.1, 0.15) is 17.8 Å². The number of hydrogen-bond donors (Lipinski definition) is 2. The van der Waals surface area contributed by atoms with Gasteiger partial charge in [0.05, 0.1) is 10.9 Å². The van der Waals surface area contributed by atoms with Crippen LogP contribution in [0.5, 0.6) is 0 Å². The number of carbonyl (C=O) groups is 2. The molecule has 1 aromatic heterocycles. The van der Waals surface area contributed by atoms with E-state index in [9.17, 15) is 18.8 Å². The van der Waals surface area contributed by atoms with Crippen LogP contribution in [0.25, 0.3) is 22.6 Å². The van der Waals surface area contributed by atoms with Gasteiger partial charge in [-0.1, -0.05) is 35.3 Å². The highest BCUT2D eigenvalue weighted by Gasteiger charge is 2.22. The molecule has 162 valence electrons. The summed E-state index contributed by atoms with van der Waals surface area (Å²) in [5.74, 6) is -2.29. The fourth-order valence-corrected chi connectivity index (χ4v) is 3.59. The maximum atomic E-state index is 13.2. The Bertz CT molecular complexity index is 1390. The summed E-state index contributed by atoms with van der Waals surface area (Å²) in [4.78, 5) is 40.5. The van der Waals surface area contributed by atoms with Crippen molar-refractivity contribution in [2.45, 2.75) is 13.0 Å². The minimum atomic E-state index is -1.53. The number of anilines is 1. The van der Waals surface area contributed by atoms with Crippen molar-refractivity contribution < 1.29 is 19.1 Å². The fourth-order valence-electron chi connectivity index (χ4n) is 3.37. The fraction of sp³-hybridized carbons (Fsp3) is 0.0909. The number of rotatable bonds is 4. The smallest absolute Gasteiger partial charge is 0.349 e. The highest BCUT2D eigenvalue weighted by molar-refractivity contribution is 6.54. The van der Waals surface area contributed by atoms with Crippen molar-refractivity contribution in [3.8, 4) is 0 Å². The van der Waals surface area contributed by atoms with Gasteiger partial charge in [0.25, 0.3) is 11.5 Å². The molecule has 1 aliphatic rings. The quantitative estimate of drug-likeness (QED) is 0.553. The van der Waals surface area contributed by atoms with Crippen LogP contribution >= 0.6 is 23.2 Å². The van der Waals surface area contributed by atoms with Crippen molar-refractivity contribution in [3.05, 3.63) is 80.1 Å². The first kappa shape index (κ1) is 21.7. The molecule has 10 heteroatoms. The maximum absolute atomic E-state index is 13.2. The van der Waals surface area contributed by atoms with Gasteiger partial charge in [-0.05, 0) is 54.0 Å². The Kier molecular flexibility index (Phi) is 5.82. The van der Waals surface area contributed by atoms with Gasteiger partial charge >= 0.3 is 5.97 Å². The van der Waals surface area contributed by atoms with E-state index in [2.05, 4.69) is 10.3 Å². The molecule has 0 fully saturated rings. The Morgan fingerprint density at radius 3 is 2.53 bits per heavy atom. The standard InChI is InChI=1S/C22H14Cl2FN3O4/c23-17(18(24)22(31)32)20(29)26-14-5-6-15-16(10-14)27-19-12(7-8-28(19)21(15)30)9-11-1-3-13(25)4-2-11/h1-6,9-10H,7-8H2,(H,26,29)(H,31,32)/b12-9?,18-17-. The summed E-state index contributed by atoms with van der Waals surface area (Å²) >= 11 is 11.2. The van der Waals surface area contributed by atoms with Crippen molar-refractivity contribution in [1.29, 1.82) is 0 Å². The number of allylic oxidation sites excluding steroid dienone is 1. The lowest BCUT2D eigenvalue weighted by Gasteiger charge is -2.09. The highest BCUT2D eigenvalue weighted by atomic mass is 35.5. The molecule has 1 amide bonds. The summed E-state index contributed by atoms with van der Waals surface area (Å²) in [6, 6.07) is 10.5. The topological polar surface area (TPSA) is 101 Å². The van der Waals surface area contributed by atoms with E-state index in [1.165, 1.54) is 30.3 Å². The van der Waals surface area contributed by atoms with E-state index < -0.39 is 21.9 Å². The normalized spacial score (nSPS) is 14.9. The van der Waals surface area contributed by atoms with Crippen LogP contribution in [0, 0.1) is 5.82 Å².